The quantitative estimate of drug-likeness (QED) is 0.797. The van der Waals surface area contributed by atoms with Gasteiger partial charge in [-0.25, -0.2) is 0 Å². The third-order valence-electron chi connectivity index (χ3n) is 5.24. The van der Waals surface area contributed by atoms with Crippen LogP contribution in [0.4, 0.5) is 0 Å². The Morgan fingerprint density at radius 2 is 2.10 bits per heavy atom. The number of carbonyl (C=O) groups excluding carboxylic acids is 1. The van der Waals surface area contributed by atoms with E-state index in [9.17, 15) is 4.79 Å². The van der Waals surface area contributed by atoms with Crippen LogP contribution in [0.25, 0.3) is 0 Å². The molecule has 1 aromatic heterocycles. The first kappa shape index (κ1) is 14.8. The fraction of sp³-hybridized carbons (Fsp3) is 0.765. The molecule has 2 aliphatic rings. The summed E-state index contributed by atoms with van der Waals surface area (Å²) in [6, 6.07) is 0.394. The van der Waals surface area contributed by atoms with Crippen LogP contribution in [0.1, 0.15) is 80.2 Å². The van der Waals surface area contributed by atoms with Gasteiger partial charge in [-0.15, -0.1) is 0 Å². The van der Waals surface area contributed by atoms with Crippen LogP contribution >= 0.6 is 0 Å². The molecule has 0 amide bonds. The van der Waals surface area contributed by atoms with E-state index in [2.05, 4.69) is 18.5 Å². The Morgan fingerprint density at radius 3 is 2.71 bits per heavy atom. The smallest absolute Gasteiger partial charge is 0.153 e. The predicted octanol–water partition coefficient (Wildman–Crippen LogP) is 3.48. The Labute approximate surface area is 126 Å². The molecular weight excluding hydrogens is 264 g/mol. The van der Waals surface area contributed by atoms with Crippen LogP contribution in [0.3, 0.4) is 0 Å². The number of aryl methyl sites for hydroxylation is 1. The average molecular weight is 290 g/mol. The molecule has 0 bridgehead atoms. The van der Waals surface area contributed by atoms with E-state index in [0.717, 1.165) is 55.5 Å². The third-order valence-corrected chi connectivity index (χ3v) is 5.24. The minimum absolute atomic E-state index is 0.0909. The topological polar surface area (TPSA) is 44.1 Å². The summed E-state index contributed by atoms with van der Waals surface area (Å²) in [5.41, 5.74) is 2.98. The first-order valence-electron chi connectivity index (χ1n) is 8.42. The van der Waals surface area contributed by atoms with Gasteiger partial charge in [-0.2, -0.15) is 5.10 Å². The second-order valence-corrected chi connectivity index (χ2v) is 6.46. The highest BCUT2D eigenvalue weighted by Gasteiger charge is 2.41. The number of aromatic nitrogens is 2. The van der Waals surface area contributed by atoms with Crippen molar-refractivity contribution in [2.24, 2.45) is 0 Å². The lowest BCUT2D eigenvalue weighted by atomic mass is 9.89. The second kappa shape index (κ2) is 5.91. The van der Waals surface area contributed by atoms with Crippen LogP contribution in [0, 0.1) is 0 Å². The number of ether oxygens (including phenoxy) is 1. The van der Waals surface area contributed by atoms with Gasteiger partial charge >= 0.3 is 0 Å². The van der Waals surface area contributed by atoms with Crippen molar-refractivity contribution in [3.8, 4) is 0 Å². The van der Waals surface area contributed by atoms with E-state index in [1.165, 1.54) is 25.7 Å². The molecule has 1 aliphatic heterocycles. The Kier molecular flexibility index (Phi) is 4.16. The van der Waals surface area contributed by atoms with Crippen LogP contribution in [0.15, 0.2) is 0 Å². The van der Waals surface area contributed by atoms with Crippen molar-refractivity contribution in [3.05, 3.63) is 17.0 Å². The summed E-state index contributed by atoms with van der Waals surface area (Å²) < 4.78 is 8.29. The monoisotopic (exact) mass is 290 g/mol. The maximum Gasteiger partial charge on any atom is 0.153 e. The van der Waals surface area contributed by atoms with Crippen molar-refractivity contribution in [2.45, 2.75) is 76.9 Å². The van der Waals surface area contributed by atoms with Crippen LogP contribution in [-0.4, -0.2) is 28.3 Å². The summed E-state index contributed by atoms with van der Waals surface area (Å²) in [5.74, 6) is 0. The molecule has 3 rings (SSSR count). The molecule has 1 spiro atoms. The van der Waals surface area contributed by atoms with Crippen molar-refractivity contribution in [3.63, 3.8) is 0 Å². The minimum atomic E-state index is 0.0909. The van der Waals surface area contributed by atoms with Crippen molar-refractivity contribution in [1.29, 1.82) is 0 Å². The van der Waals surface area contributed by atoms with Gasteiger partial charge in [-0.1, -0.05) is 26.7 Å². The molecule has 4 nitrogen and oxygen atoms in total. The lowest BCUT2D eigenvalue weighted by Gasteiger charge is -2.38. The lowest BCUT2D eigenvalue weighted by Crippen LogP contribution is -2.38. The Bertz CT molecular complexity index is 515. The molecular formula is C17H26N2O2. The van der Waals surface area contributed by atoms with Crippen molar-refractivity contribution >= 4 is 6.29 Å². The number of carbonyl (C=O) groups is 1. The highest BCUT2D eigenvalue weighted by Crippen LogP contribution is 2.43. The first-order chi connectivity index (χ1) is 10.2. The zero-order chi connectivity index (χ0) is 14.9. The van der Waals surface area contributed by atoms with Gasteiger partial charge in [0.1, 0.15) is 0 Å². The molecule has 1 saturated heterocycles. The summed E-state index contributed by atoms with van der Waals surface area (Å²) in [4.78, 5) is 11.4. The maximum absolute atomic E-state index is 11.4. The zero-order valence-corrected chi connectivity index (χ0v) is 13.2. The van der Waals surface area contributed by atoms with Gasteiger partial charge in [-0.3, -0.25) is 9.48 Å². The molecule has 0 aromatic carbocycles. The van der Waals surface area contributed by atoms with E-state index < -0.39 is 0 Å². The molecule has 1 unspecified atom stereocenters. The Balaban J connectivity index is 1.92. The SMILES string of the molecule is CCc1nn(C2CCOC3(CCCC3)C2)c(CC)c1C=O. The van der Waals surface area contributed by atoms with E-state index in [0.29, 0.717) is 6.04 Å². The maximum atomic E-state index is 11.4. The predicted molar refractivity (Wildman–Crippen MR) is 81.8 cm³/mol. The highest BCUT2D eigenvalue weighted by molar-refractivity contribution is 5.78. The number of nitrogens with zero attached hydrogens (tertiary/aromatic N) is 2. The number of aldehydes is 1. The standard InChI is InChI=1S/C17H26N2O2/c1-3-15-14(12-20)16(4-2)19(18-15)13-7-10-21-17(11-13)8-5-6-9-17/h12-13H,3-11H2,1-2H3. The summed E-state index contributed by atoms with van der Waals surface area (Å²) in [6.45, 7) is 5.01. The Morgan fingerprint density at radius 1 is 1.33 bits per heavy atom. The molecule has 2 fully saturated rings. The molecule has 4 heteroatoms. The van der Waals surface area contributed by atoms with E-state index in [4.69, 9.17) is 9.84 Å². The fourth-order valence-corrected chi connectivity index (χ4v) is 4.16. The van der Waals surface area contributed by atoms with Crippen LogP contribution in [-0.2, 0) is 17.6 Å². The second-order valence-electron chi connectivity index (χ2n) is 6.46. The van der Waals surface area contributed by atoms with E-state index in [1.807, 2.05) is 0 Å². The van der Waals surface area contributed by atoms with E-state index in [-0.39, 0.29) is 5.60 Å². The van der Waals surface area contributed by atoms with Crippen LogP contribution in [0.5, 0.6) is 0 Å². The lowest BCUT2D eigenvalue weighted by molar-refractivity contribution is -0.0913. The van der Waals surface area contributed by atoms with Crippen LogP contribution < -0.4 is 0 Å². The van der Waals surface area contributed by atoms with Crippen molar-refractivity contribution < 1.29 is 9.53 Å². The van der Waals surface area contributed by atoms with E-state index >= 15 is 0 Å². The van der Waals surface area contributed by atoms with Crippen molar-refractivity contribution in [1.82, 2.24) is 9.78 Å². The largest absolute Gasteiger partial charge is 0.375 e. The molecule has 116 valence electrons. The number of rotatable bonds is 4. The normalized spacial score (nSPS) is 24.6. The number of hydrogen-bond acceptors (Lipinski definition) is 3. The van der Waals surface area contributed by atoms with Gasteiger partial charge in [0, 0.05) is 12.3 Å². The minimum Gasteiger partial charge on any atom is -0.375 e. The van der Waals surface area contributed by atoms with Gasteiger partial charge in [-0.05, 0) is 38.5 Å². The van der Waals surface area contributed by atoms with Gasteiger partial charge in [0.05, 0.1) is 22.9 Å². The molecule has 0 N–H and O–H groups in total. The van der Waals surface area contributed by atoms with Gasteiger partial charge in [0.15, 0.2) is 6.29 Å². The third kappa shape index (κ3) is 2.54. The summed E-state index contributed by atoms with van der Waals surface area (Å²) in [6.07, 6.45) is 9.69. The van der Waals surface area contributed by atoms with Crippen molar-refractivity contribution in [2.75, 3.05) is 6.61 Å². The molecule has 1 aromatic rings. The molecule has 1 aliphatic carbocycles. The number of hydrogen-bond donors (Lipinski definition) is 0. The van der Waals surface area contributed by atoms with Gasteiger partial charge in [0.2, 0.25) is 0 Å². The van der Waals surface area contributed by atoms with E-state index in [1.54, 1.807) is 0 Å². The van der Waals surface area contributed by atoms with Gasteiger partial charge < -0.3 is 4.74 Å². The summed E-state index contributed by atoms with van der Waals surface area (Å²) >= 11 is 0. The zero-order valence-electron chi connectivity index (χ0n) is 13.2. The summed E-state index contributed by atoms with van der Waals surface area (Å²) in [7, 11) is 0. The molecule has 1 atom stereocenters. The molecule has 1 saturated carbocycles. The molecule has 21 heavy (non-hydrogen) atoms. The van der Waals surface area contributed by atoms with Gasteiger partial charge in [0.25, 0.3) is 0 Å². The van der Waals surface area contributed by atoms with Crippen LogP contribution in [0.2, 0.25) is 0 Å². The summed E-state index contributed by atoms with van der Waals surface area (Å²) in [5, 5.41) is 4.78. The fourth-order valence-electron chi connectivity index (χ4n) is 4.16. The average Bonchev–Trinajstić information content (AvgIpc) is 3.10. The molecule has 2 heterocycles. The Hall–Kier alpha value is -1.16. The highest BCUT2D eigenvalue weighted by atomic mass is 16.5. The molecule has 0 radical (unpaired) electrons. The first-order valence-corrected chi connectivity index (χ1v) is 8.42.